The second-order valence-corrected chi connectivity index (χ2v) is 41.1. The molecule has 3 aromatic carbocycles. The van der Waals surface area contributed by atoms with Gasteiger partial charge in [-0.25, -0.2) is 59.8 Å². The van der Waals surface area contributed by atoms with Crippen LogP contribution in [0.3, 0.4) is 0 Å². The van der Waals surface area contributed by atoms with Crippen LogP contribution in [-0.2, 0) is 39.9 Å². The Morgan fingerprint density at radius 3 is 0.979 bits per heavy atom. The van der Waals surface area contributed by atoms with Crippen molar-refractivity contribution >= 4 is 208 Å². The molecule has 12 aromatic heterocycles. The Labute approximate surface area is 857 Å². The van der Waals surface area contributed by atoms with E-state index in [-0.39, 0.29) is 60.5 Å². The largest absolute Gasteiger partial charge is 0.484 e. The summed E-state index contributed by atoms with van der Waals surface area (Å²) in [6.07, 6.45) is 25.5. The van der Waals surface area contributed by atoms with Crippen molar-refractivity contribution in [2.75, 3.05) is 51.7 Å². The number of amides is 6. The molecule has 24 rings (SSSR count). The number of aromatic nitrogens is 18. The number of halogens is 6. The van der Waals surface area contributed by atoms with Gasteiger partial charge in [-0.1, -0.05) is 176 Å². The first-order valence-corrected chi connectivity index (χ1v) is 51.9. The van der Waals surface area contributed by atoms with Crippen LogP contribution in [-0.4, -0.2) is 142 Å². The van der Waals surface area contributed by atoms with E-state index >= 15 is 0 Å². The Bertz CT molecular complexity index is 6960. The molecule has 9 aliphatic rings. The second-order valence-electron chi connectivity index (χ2n) is 38.8. The van der Waals surface area contributed by atoms with Gasteiger partial charge in [0.2, 0.25) is 59.3 Å². The fourth-order valence-corrected chi connectivity index (χ4v) is 20.3. The number of imidazole rings is 6. The van der Waals surface area contributed by atoms with Crippen molar-refractivity contribution in [1.82, 2.24) is 87.2 Å². The number of pyridine rings is 6. The maximum atomic E-state index is 12.9. The Kier molecular flexibility index (Phi) is 31.9. The predicted molar refractivity (Wildman–Crippen MR) is 560 cm³/mol. The second kappa shape index (κ2) is 45.3. The molecule has 9 fully saturated rings. The van der Waals surface area contributed by atoms with Gasteiger partial charge in [-0.05, 0) is 274 Å². The van der Waals surface area contributed by atoms with Crippen molar-refractivity contribution in [1.29, 1.82) is 0 Å². The molecule has 143 heavy (non-hydrogen) atoms. The maximum Gasteiger partial charge on any atom is 0.264 e. The van der Waals surface area contributed by atoms with E-state index in [1.165, 1.54) is 51.4 Å². The number of anilines is 6. The molecule has 4 atom stereocenters. The molecule has 2 bridgehead atoms. The first kappa shape index (κ1) is 101. The number of carbonyl (C=O) groups excluding carboxylic acids is 6. The van der Waals surface area contributed by atoms with E-state index in [0.717, 1.165) is 162 Å². The maximum absolute atomic E-state index is 12.9. The van der Waals surface area contributed by atoms with Crippen molar-refractivity contribution in [3.8, 4) is 5.75 Å². The summed E-state index contributed by atoms with van der Waals surface area (Å²) in [7, 11) is 0. The third kappa shape index (κ3) is 23.4. The lowest BCUT2D eigenvalue weighted by atomic mass is 9.45. The number of aryl methyl sites for hydroxylation is 1. The molecule has 6 amide bonds. The fraction of sp³-hybridized carbons (Fsp3) is 0.429. The summed E-state index contributed by atoms with van der Waals surface area (Å²) in [5.74, 6) is 5.20. The summed E-state index contributed by atoms with van der Waals surface area (Å²) in [5, 5.41) is 20.2. The van der Waals surface area contributed by atoms with Gasteiger partial charge in [0.15, 0.2) is 40.5 Å². The summed E-state index contributed by atoms with van der Waals surface area (Å²) in [4.78, 5) is 128. The lowest BCUT2D eigenvalue weighted by Gasteiger charge is -2.60. The van der Waals surface area contributed by atoms with Crippen LogP contribution in [0.1, 0.15) is 243 Å². The highest BCUT2D eigenvalue weighted by Crippen LogP contribution is 2.62. The SMILES string of the molecule is CC(C(=O)Nc1nc2ccc(Cl)nc2n1C1CCC1)c1ccccc1.CC(C)C(=O)Nc1nc2ccc(Cl)nc2n1C1CCC1.CC1(C)[C@H]2CC[C@@H](CC(=O)Nc3nc4ccc(Cl)nc4n3C3CCC3)[C@@H]1C2.CCOCC(=O)Nc1nc2ccc(Cl)nc2n1C1CCC1.O=C(CCc1ccccc1)Nc1nc2ccc(Cl)nc2n1C1CCC1.O=C(COc1ccccc1)Nc1nc2ccc(Cl)nc2n1C1CCC1. The highest BCUT2D eigenvalue weighted by Gasteiger charge is 2.54. The van der Waals surface area contributed by atoms with Gasteiger partial charge in [0.25, 0.3) is 11.8 Å². The van der Waals surface area contributed by atoms with Gasteiger partial charge >= 0.3 is 0 Å². The molecule has 12 heterocycles. The lowest BCUT2D eigenvalue weighted by Crippen LogP contribution is -2.52. The molecule has 0 aliphatic heterocycles. The van der Waals surface area contributed by atoms with Gasteiger partial charge in [-0.2, -0.15) is 0 Å². The number of hydrogen-bond acceptors (Lipinski definition) is 20. The van der Waals surface area contributed by atoms with Crippen molar-refractivity contribution in [2.45, 2.75) is 238 Å². The zero-order valence-electron chi connectivity index (χ0n) is 80.6. The van der Waals surface area contributed by atoms with E-state index in [2.05, 4.69) is 110 Å². The highest BCUT2D eigenvalue weighted by atomic mass is 35.5. The average Bonchev–Trinajstić information content (AvgIpc) is 1.73. The Morgan fingerprint density at radius 1 is 0.357 bits per heavy atom. The number of fused-ring (bicyclic) bond motifs is 8. The molecule has 32 nitrogen and oxygen atoms in total. The van der Waals surface area contributed by atoms with Crippen LogP contribution in [0.25, 0.3) is 67.0 Å². The molecule has 15 aromatic rings. The molecule has 38 heteroatoms. The van der Waals surface area contributed by atoms with Crippen LogP contribution in [0.2, 0.25) is 30.9 Å². The van der Waals surface area contributed by atoms with Crippen molar-refractivity contribution in [2.24, 2.45) is 29.1 Å². The Morgan fingerprint density at radius 2 is 0.664 bits per heavy atom. The zero-order valence-corrected chi connectivity index (χ0v) is 85.2. The van der Waals surface area contributed by atoms with Gasteiger partial charge in [-0.3, -0.25) is 88.1 Å². The molecule has 9 aliphatic carbocycles. The number of nitrogens with one attached hydrogen (secondary N) is 6. The third-order valence-corrected chi connectivity index (χ3v) is 30.1. The number of benzene rings is 3. The standard InChI is InChI=1S/C21H27ClN4O.2C19H19ClN4O.C18H17ClN4O2.C14H17ClN4O2.C14H17ClN4O/c1-21(2)13-7-6-12(15(21)11-13)10-18(27)25-20-23-16-8-9-17(22)24-19(16)26(20)14-4-3-5-14;1-12(13-6-3-2-4-7-13)18(25)23-19-21-15-10-11-16(20)22-17(15)24(19)14-8-5-9-14;20-16-11-10-15-18(22-16)24(14-7-4-8-14)19(21-15)23-17(25)12-9-13-5-2-1-3-6-13;19-15-10-9-14-17(21-15)23(12-5-4-6-12)18(20-14)22-16(24)11-25-13-7-2-1-3-8-13;1-2-21-8-12(20)18-14-16-10-6-7-11(15)17-13(10)19(14)9-4-3-5-9;1-8(2)13(20)18-14-16-10-6-7-11(15)17-12(10)19(14)9-4-3-5-9/h8-9,12-15H,3-7,10-11H2,1-2H3,(H,23,25,27);2-4,6-7,10-12,14H,5,8-9H2,1H3,(H,21,23,25);1-3,5-6,10-11,14H,4,7-9,12H2,(H,21,23,25);1-3,7-10,12H,4-6,11H2,(H,20,22,24);6-7,9H,2-5,8H2,1H3,(H,16,18,20);6-9H,3-5H2,1-2H3,(H,16,18,20)/t12-,13-,15-;;;;;/m0...../s1. The molecule has 6 N–H and O–H groups in total. The molecular weight excluding hydrogens is 1940 g/mol. The summed E-state index contributed by atoms with van der Waals surface area (Å²) < 4.78 is 22.7. The molecule has 0 spiro atoms. The first-order valence-electron chi connectivity index (χ1n) is 49.6. The van der Waals surface area contributed by atoms with Crippen LogP contribution in [0, 0.1) is 29.1 Å². The number of carbonyl (C=O) groups is 6. The molecule has 1 unspecified atom stereocenters. The first-order chi connectivity index (χ1) is 69.2. The minimum Gasteiger partial charge on any atom is -0.484 e. The number of para-hydroxylation sites is 1. The number of ether oxygens (including phenoxy) is 2. The van der Waals surface area contributed by atoms with E-state index in [0.29, 0.717) is 157 Å². The number of rotatable bonds is 26. The van der Waals surface area contributed by atoms with Gasteiger partial charge in [0.05, 0.1) is 5.92 Å². The summed E-state index contributed by atoms with van der Waals surface area (Å²) in [5.41, 5.74) is 11.5. The van der Waals surface area contributed by atoms with Gasteiger partial charge in [0.1, 0.15) is 76.4 Å². The number of hydrogen-bond donors (Lipinski definition) is 6. The number of nitrogens with zero attached hydrogens (tertiary/aromatic N) is 18. The lowest BCUT2D eigenvalue weighted by molar-refractivity contribution is -0.129. The topological polar surface area (TPSA) is 377 Å². The Hall–Kier alpha value is -12.3. The minimum absolute atomic E-state index is 0.0263. The van der Waals surface area contributed by atoms with Crippen LogP contribution in [0.15, 0.2) is 164 Å². The fourth-order valence-electron chi connectivity index (χ4n) is 19.4. The van der Waals surface area contributed by atoms with E-state index in [4.69, 9.17) is 79.1 Å². The van der Waals surface area contributed by atoms with Crippen molar-refractivity contribution < 1.29 is 38.2 Å². The predicted octanol–water partition coefficient (Wildman–Crippen LogP) is 24.2. The van der Waals surface area contributed by atoms with Crippen molar-refractivity contribution in [3.05, 3.63) is 206 Å². The van der Waals surface area contributed by atoms with Crippen LogP contribution >= 0.6 is 69.6 Å². The van der Waals surface area contributed by atoms with E-state index in [1.807, 2.05) is 178 Å². The average molecular weight is 2050 g/mol. The van der Waals surface area contributed by atoms with Gasteiger partial charge < -0.3 is 9.47 Å². The zero-order chi connectivity index (χ0) is 99.7. The minimum atomic E-state index is -0.258. The van der Waals surface area contributed by atoms with E-state index in [1.54, 1.807) is 36.4 Å². The highest BCUT2D eigenvalue weighted by molar-refractivity contribution is 6.31. The van der Waals surface area contributed by atoms with Gasteiger partial charge in [-0.15, -0.1) is 0 Å². The molecular formula is C105H116Cl6N24O8. The summed E-state index contributed by atoms with van der Waals surface area (Å²) in [6, 6.07) is 52.3. The summed E-state index contributed by atoms with van der Waals surface area (Å²) in [6.45, 7) is 12.7. The van der Waals surface area contributed by atoms with Crippen LogP contribution in [0.4, 0.5) is 35.7 Å². The third-order valence-electron chi connectivity index (χ3n) is 28.8. The molecule has 746 valence electrons. The quantitative estimate of drug-likeness (QED) is 0.0274. The molecule has 0 radical (unpaired) electrons. The Balaban J connectivity index is 0.000000113. The summed E-state index contributed by atoms with van der Waals surface area (Å²) >= 11 is 36.2. The normalized spacial score (nSPS) is 17.7. The van der Waals surface area contributed by atoms with E-state index < -0.39 is 0 Å². The van der Waals surface area contributed by atoms with Gasteiger partial charge in [0, 0.05) is 61.6 Å². The smallest absolute Gasteiger partial charge is 0.264 e. The van der Waals surface area contributed by atoms with Crippen molar-refractivity contribution in [3.63, 3.8) is 0 Å². The van der Waals surface area contributed by atoms with Crippen LogP contribution in [0.5, 0.6) is 5.75 Å². The molecule has 0 saturated heterocycles. The molecule has 9 saturated carbocycles. The van der Waals surface area contributed by atoms with Crippen LogP contribution < -0.4 is 36.6 Å². The van der Waals surface area contributed by atoms with E-state index in [9.17, 15) is 28.8 Å². The monoisotopic (exact) mass is 2050 g/mol.